The lowest BCUT2D eigenvalue weighted by atomic mass is 9.89. The summed E-state index contributed by atoms with van der Waals surface area (Å²) >= 11 is 1.86. The van der Waals surface area contributed by atoms with Crippen LogP contribution in [-0.2, 0) is 91.8 Å². The Morgan fingerprint density at radius 2 is 1.41 bits per heavy atom. The molecule has 3 aliphatic heterocycles. The molecule has 2 bridgehead atoms. The molecule has 5 heterocycles. The predicted octanol–water partition coefficient (Wildman–Crippen LogP) is 2.79. The van der Waals surface area contributed by atoms with Crippen molar-refractivity contribution in [2.45, 2.75) is 151 Å². The Bertz CT molecular complexity index is 3330. The molecule has 25 nitrogen and oxygen atoms in total. The van der Waals surface area contributed by atoms with E-state index < -0.39 is 96.2 Å². The second kappa shape index (κ2) is 35.7. The summed E-state index contributed by atoms with van der Waals surface area (Å²) in [6, 6.07) is 15.9. The number of thioether (sulfide) groups is 1. The molecular formula is C66H88FN13O12S. The zero-order valence-corrected chi connectivity index (χ0v) is 53.9. The van der Waals surface area contributed by atoms with Gasteiger partial charge in [-0.2, -0.15) is 11.8 Å². The van der Waals surface area contributed by atoms with Gasteiger partial charge < -0.3 is 67.0 Å². The number of ketones is 1. The van der Waals surface area contributed by atoms with Crippen molar-refractivity contribution in [3.63, 3.8) is 0 Å². The van der Waals surface area contributed by atoms with E-state index >= 15 is 9.59 Å². The third-order valence-corrected chi connectivity index (χ3v) is 18.2. The van der Waals surface area contributed by atoms with Gasteiger partial charge in [-0.15, -0.1) is 5.10 Å². The molecule has 502 valence electrons. The second-order valence-electron chi connectivity index (χ2n) is 24.4. The summed E-state index contributed by atoms with van der Waals surface area (Å²) in [5.74, 6) is -5.78. The predicted molar refractivity (Wildman–Crippen MR) is 345 cm³/mol. The SMILES string of the molecule is CC(C)C[C@H]1NC(=O)[C@@H](NC(=O)COCCOCCOCCNC(=O)CCCCC2SC[C@H]3NC(=O)N[C@@H]23)Cc2cn(nn2)CCCC[C@@H](C(N)=O)NC(=O)[C@H](Cc2ccc(F)cc2)NC(=O)[C@H](Cc2cn(C)c3ccccc23)CC(=O)[C@@H](Cc2ccccc2)NC1=O. The van der Waals surface area contributed by atoms with Gasteiger partial charge in [-0.05, 0) is 92.2 Å². The van der Waals surface area contributed by atoms with E-state index in [1.54, 1.807) is 30.5 Å². The fraction of sp³-hybridized carbons (Fsp3) is 0.530. The number of rotatable bonds is 26. The number of carbonyl (C=O) groups excluding carboxylic acids is 9. The maximum absolute atomic E-state index is 15.1. The lowest BCUT2D eigenvalue weighted by Crippen LogP contribution is -2.57. The van der Waals surface area contributed by atoms with Gasteiger partial charge in [-0.3, -0.25) is 43.0 Å². The minimum Gasteiger partial charge on any atom is -0.377 e. The highest BCUT2D eigenvalue weighted by atomic mass is 32.2. The molecule has 0 spiro atoms. The number of unbranched alkanes of at least 4 members (excludes halogenated alkanes) is 1. The Balaban J connectivity index is 0.924. The van der Waals surface area contributed by atoms with E-state index in [0.29, 0.717) is 61.0 Å². The normalized spacial score (nSPS) is 22.8. The van der Waals surface area contributed by atoms with Crippen LogP contribution < -0.4 is 48.3 Å². The number of aryl methyl sites for hydroxylation is 2. The monoisotopic (exact) mass is 1310 g/mol. The lowest BCUT2D eigenvalue weighted by Gasteiger charge is -2.27. The summed E-state index contributed by atoms with van der Waals surface area (Å²) in [7, 11) is 1.86. The van der Waals surface area contributed by atoms with Crippen LogP contribution in [0.1, 0.15) is 94.0 Å². The minimum absolute atomic E-state index is 0.000453. The second-order valence-corrected chi connectivity index (χ2v) is 25.7. The van der Waals surface area contributed by atoms with Crippen LogP contribution in [0, 0.1) is 17.7 Å². The van der Waals surface area contributed by atoms with Gasteiger partial charge in [0.2, 0.25) is 41.4 Å². The van der Waals surface area contributed by atoms with Crippen molar-refractivity contribution >= 4 is 75.8 Å². The molecule has 5 aromatic rings. The van der Waals surface area contributed by atoms with Gasteiger partial charge in [0.1, 0.15) is 36.6 Å². The molecule has 3 aliphatic rings. The summed E-state index contributed by atoms with van der Waals surface area (Å²) in [4.78, 5) is 125. The largest absolute Gasteiger partial charge is 0.377 e. The molecule has 27 heteroatoms. The zero-order chi connectivity index (χ0) is 66.2. The zero-order valence-electron chi connectivity index (χ0n) is 53.0. The van der Waals surface area contributed by atoms with E-state index in [1.165, 1.54) is 28.9 Å². The Kier molecular flexibility index (Phi) is 27.1. The third-order valence-electron chi connectivity index (χ3n) is 16.6. The number of ether oxygens (including phenoxy) is 3. The third kappa shape index (κ3) is 22.2. The number of halogens is 1. The molecular weight excluding hydrogens is 1220 g/mol. The molecule has 8 rings (SSSR count). The number of benzene rings is 3. The van der Waals surface area contributed by atoms with E-state index in [-0.39, 0.29) is 94.9 Å². The maximum atomic E-state index is 15.1. The number of para-hydroxylation sites is 1. The van der Waals surface area contributed by atoms with E-state index in [0.717, 1.165) is 41.5 Å². The van der Waals surface area contributed by atoms with Crippen LogP contribution in [0.2, 0.25) is 0 Å². The highest BCUT2D eigenvalue weighted by Gasteiger charge is 2.43. The van der Waals surface area contributed by atoms with Crippen molar-refractivity contribution in [3.8, 4) is 0 Å². The maximum Gasteiger partial charge on any atom is 0.315 e. The number of Topliss-reactive ketones (excluding diaryl/α,β-unsaturated/α-hetero) is 1. The van der Waals surface area contributed by atoms with Gasteiger partial charge in [0, 0.05) is 86.0 Å². The number of nitrogens with two attached hydrogens (primary N) is 1. The number of urea groups is 1. The summed E-state index contributed by atoms with van der Waals surface area (Å²) in [5, 5.41) is 32.7. The molecule has 2 fully saturated rings. The standard InChI is InChI=1S/C66H88FN13O12S/c1-41(2)31-51-63(86)72-50(32-42-13-5-4-6-14-42)56(81)35-44(34-45-37-79(3)55-17-8-7-15-48(45)55)62(85)73-52(33-43-20-22-46(67)23-21-43)64(87)71-49(61(68)84)16-11-12-25-80-38-47(77-78-80)36-53(65(88)74-51)70-59(83)39-92-30-29-91-28-27-90-26-24-69-58(82)19-10-9-18-57-60-54(40-93-57)75-66(89)76-60/h4-8,13-15,17,20-23,37-38,41,44,49-54,57,60H,9-12,16,18-19,24-36,39-40H2,1-3H3,(H2,68,84)(H,69,82)(H,70,83)(H,71,87)(H,72,86)(H,73,85)(H,74,88)(H2,75,76,89)/t44-,49+,50-,51-,52+,53+,54-,57?,60-/m1/s1. The molecule has 3 aromatic carbocycles. The van der Waals surface area contributed by atoms with Crippen LogP contribution >= 0.6 is 11.8 Å². The molecule has 0 radical (unpaired) electrons. The van der Waals surface area contributed by atoms with E-state index in [1.807, 2.05) is 73.8 Å². The van der Waals surface area contributed by atoms with Crippen molar-refractivity contribution in [2.24, 2.45) is 24.6 Å². The minimum atomic E-state index is -1.33. The topological polar surface area (TPSA) is 339 Å². The van der Waals surface area contributed by atoms with Gasteiger partial charge in [-0.1, -0.05) is 86.1 Å². The first-order valence-corrected chi connectivity index (χ1v) is 33.1. The first-order chi connectivity index (χ1) is 44.8. The van der Waals surface area contributed by atoms with Crippen molar-refractivity contribution in [1.29, 1.82) is 0 Å². The fourth-order valence-corrected chi connectivity index (χ4v) is 13.3. The molecule has 9 amide bonds. The number of primary amides is 1. The van der Waals surface area contributed by atoms with Crippen LogP contribution in [0.4, 0.5) is 9.18 Å². The number of nitrogens with one attached hydrogen (secondary N) is 8. The molecule has 93 heavy (non-hydrogen) atoms. The molecule has 0 saturated carbocycles. The average Bonchev–Trinajstić information content (AvgIpc) is 1.71. The number of amides is 9. The van der Waals surface area contributed by atoms with Crippen molar-refractivity contribution in [2.75, 3.05) is 51.9 Å². The van der Waals surface area contributed by atoms with Crippen molar-refractivity contribution < 1.29 is 61.8 Å². The van der Waals surface area contributed by atoms with Crippen LogP contribution in [0.25, 0.3) is 10.9 Å². The quantitative estimate of drug-likeness (QED) is 0.0284. The van der Waals surface area contributed by atoms with Gasteiger partial charge >= 0.3 is 6.03 Å². The molecule has 0 aliphatic carbocycles. The highest BCUT2D eigenvalue weighted by molar-refractivity contribution is 8.00. The lowest BCUT2D eigenvalue weighted by molar-refractivity contribution is -0.135. The van der Waals surface area contributed by atoms with Crippen LogP contribution in [0.5, 0.6) is 0 Å². The Labute approximate surface area is 544 Å². The number of hydrogen-bond acceptors (Lipinski definition) is 15. The number of carbonyl (C=O) groups is 9. The first kappa shape index (κ1) is 70.6. The number of aromatic nitrogens is 4. The smallest absolute Gasteiger partial charge is 0.315 e. The fourth-order valence-electron chi connectivity index (χ4n) is 11.8. The highest BCUT2D eigenvalue weighted by Crippen LogP contribution is 2.33. The molecule has 10 N–H and O–H groups in total. The summed E-state index contributed by atoms with van der Waals surface area (Å²) < 4.78 is 34.5. The number of nitrogens with zero attached hydrogens (tertiary/aromatic N) is 4. The summed E-state index contributed by atoms with van der Waals surface area (Å²) in [6.07, 6.45) is 6.81. The van der Waals surface area contributed by atoms with Crippen molar-refractivity contribution in [3.05, 3.63) is 119 Å². The van der Waals surface area contributed by atoms with Gasteiger partial charge in [0.05, 0.1) is 56.9 Å². The van der Waals surface area contributed by atoms with Crippen LogP contribution in [-0.4, -0.2) is 172 Å². The molecule has 2 saturated heterocycles. The average molecular weight is 1310 g/mol. The number of fused-ring (bicyclic) bond motifs is 4. The molecule has 1 unspecified atom stereocenters. The van der Waals surface area contributed by atoms with Crippen LogP contribution in [0.15, 0.2) is 91.3 Å². The van der Waals surface area contributed by atoms with E-state index in [4.69, 9.17) is 19.9 Å². The summed E-state index contributed by atoms with van der Waals surface area (Å²) in [6.45, 7) is 4.86. The molecule has 2 aromatic heterocycles. The van der Waals surface area contributed by atoms with E-state index in [9.17, 15) is 38.0 Å². The summed E-state index contributed by atoms with van der Waals surface area (Å²) in [5.41, 5.74) is 8.99. The van der Waals surface area contributed by atoms with Gasteiger partial charge in [0.15, 0.2) is 5.78 Å². The Morgan fingerprint density at radius 1 is 0.720 bits per heavy atom. The van der Waals surface area contributed by atoms with Crippen LogP contribution in [0.3, 0.4) is 0 Å². The molecule has 9 atom stereocenters. The Hall–Kier alpha value is -8.27. The number of hydrogen-bond donors (Lipinski definition) is 9. The van der Waals surface area contributed by atoms with Crippen molar-refractivity contribution in [1.82, 2.24) is 62.1 Å². The van der Waals surface area contributed by atoms with Gasteiger partial charge in [0.25, 0.3) is 0 Å². The first-order valence-electron chi connectivity index (χ1n) is 32.1. The van der Waals surface area contributed by atoms with Gasteiger partial charge in [-0.25, -0.2) is 9.18 Å². The van der Waals surface area contributed by atoms with E-state index in [2.05, 4.69) is 52.8 Å². The Morgan fingerprint density at radius 3 is 2.17 bits per heavy atom.